The molecule has 1 amide bonds. The first-order valence-corrected chi connectivity index (χ1v) is 12.5. The van der Waals surface area contributed by atoms with Crippen molar-refractivity contribution in [3.63, 3.8) is 0 Å². The molecular weight excluding hydrogens is 440 g/mol. The van der Waals surface area contributed by atoms with Gasteiger partial charge in [-0.05, 0) is 43.9 Å². The van der Waals surface area contributed by atoms with E-state index in [1.54, 1.807) is 36.5 Å². The first-order valence-electron chi connectivity index (χ1n) is 11.1. The van der Waals surface area contributed by atoms with E-state index < -0.39 is 10.0 Å². The second-order valence-electron chi connectivity index (χ2n) is 8.79. The lowest BCUT2D eigenvalue weighted by molar-refractivity contribution is -0.119. The second kappa shape index (κ2) is 7.95. The van der Waals surface area contributed by atoms with Crippen molar-refractivity contribution in [1.29, 1.82) is 0 Å². The van der Waals surface area contributed by atoms with Crippen molar-refractivity contribution in [2.24, 2.45) is 5.92 Å². The molecule has 1 aromatic carbocycles. The predicted molar refractivity (Wildman–Crippen MR) is 123 cm³/mol. The normalized spacial score (nSPS) is 21.1. The highest BCUT2D eigenvalue weighted by Crippen LogP contribution is 2.41. The smallest absolute Gasteiger partial charge is 0.269 e. The Morgan fingerprint density at radius 3 is 2.61 bits per heavy atom. The molecule has 9 nitrogen and oxygen atoms in total. The van der Waals surface area contributed by atoms with Crippen molar-refractivity contribution in [1.82, 2.24) is 28.9 Å². The molecule has 1 fully saturated rings. The Kier molecular flexibility index (Phi) is 5.19. The Hall–Kier alpha value is -3.27. The summed E-state index contributed by atoms with van der Waals surface area (Å²) in [6.07, 6.45) is 5.69. The molecule has 4 aromatic rings. The molecular formula is C23H26N6O3S. The van der Waals surface area contributed by atoms with Crippen LogP contribution >= 0.6 is 0 Å². The van der Waals surface area contributed by atoms with E-state index in [2.05, 4.69) is 27.4 Å². The highest BCUT2D eigenvalue weighted by molar-refractivity contribution is 7.90. The number of carbonyl (C=O) groups excluding carboxylic acids is 1. The molecule has 1 N–H and O–H groups in total. The molecule has 0 bridgehead atoms. The number of aryl methyl sites for hydroxylation is 1. The van der Waals surface area contributed by atoms with Gasteiger partial charge in [0.25, 0.3) is 10.0 Å². The van der Waals surface area contributed by atoms with Gasteiger partial charge in [-0.15, -0.1) is 10.2 Å². The lowest BCUT2D eigenvalue weighted by atomic mass is 9.93. The van der Waals surface area contributed by atoms with Crippen molar-refractivity contribution in [3.8, 4) is 0 Å². The molecule has 33 heavy (non-hydrogen) atoms. The Balaban J connectivity index is 1.62. The lowest BCUT2D eigenvalue weighted by Crippen LogP contribution is -2.30. The fourth-order valence-electron chi connectivity index (χ4n) is 5.01. The molecule has 10 heteroatoms. The third-order valence-electron chi connectivity index (χ3n) is 6.60. The van der Waals surface area contributed by atoms with Gasteiger partial charge in [0.2, 0.25) is 5.91 Å². The molecule has 1 aliphatic carbocycles. The van der Waals surface area contributed by atoms with Gasteiger partial charge in [0.15, 0.2) is 11.3 Å². The first kappa shape index (κ1) is 21.6. The van der Waals surface area contributed by atoms with Crippen molar-refractivity contribution < 1.29 is 13.2 Å². The zero-order chi connectivity index (χ0) is 23.3. The van der Waals surface area contributed by atoms with Crippen LogP contribution in [-0.4, -0.2) is 43.9 Å². The molecule has 3 aromatic heterocycles. The van der Waals surface area contributed by atoms with Gasteiger partial charge in [0, 0.05) is 25.1 Å². The number of hydrogen-bond acceptors (Lipinski definition) is 6. The van der Waals surface area contributed by atoms with Crippen molar-refractivity contribution in [2.45, 2.75) is 56.9 Å². The molecule has 3 atom stereocenters. The lowest BCUT2D eigenvalue weighted by Gasteiger charge is -2.16. The Morgan fingerprint density at radius 2 is 1.91 bits per heavy atom. The summed E-state index contributed by atoms with van der Waals surface area (Å²) in [4.78, 5) is 16.2. The van der Waals surface area contributed by atoms with E-state index in [0.29, 0.717) is 22.7 Å². The first-order chi connectivity index (χ1) is 15.8. The number of amides is 1. The highest BCUT2D eigenvalue weighted by atomic mass is 32.2. The number of hydrogen-bond donors (Lipinski definition) is 1. The van der Waals surface area contributed by atoms with Crippen LogP contribution in [0.2, 0.25) is 0 Å². The van der Waals surface area contributed by atoms with Crippen LogP contribution in [0, 0.1) is 12.8 Å². The van der Waals surface area contributed by atoms with E-state index in [1.165, 1.54) is 17.1 Å². The number of carbonyl (C=O) groups is 1. The number of aromatic nitrogens is 5. The van der Waals surface area contributed by atoms with Gasteiger partial charge in [0.05, 0.1) is 16.6 Å². The Morgan fingerprint density at radius 1 is 1.15 bits per heavy atom. The maximum Gasteiger partial charge on any atom is 0.269 e. The van der Waals surface area contributed by atoms with Crippen molar-refractivity contribution in [3.05, 3.63) is 54.1 Å². The summed E-state index contributed by atoms with van der Waals surface area (Å²) < 4.78 is 29.8. The van der Waals surface area contributed by atoms with Gasteiger partial charge in [-0.25, -0.2) is 17.4 Å². The predicted octanol–water partition coefficient (Wildman–Crippen LogP) is 3.03. The minimum absolute atomic E-state index is 0.0356. The van der Waals surface area contributed by atoms with Crippen molar-refractivity contribution >= 4 is 32.7 Å². The summed E-state index contributed by atoms with van der Waals surface area (Å²) in [6, 6.07) is 8.60. The van der Waals surface area contributed by atoms with Crippen LogP contribution in [-0.2, 0) is 14.8 Å². The van der Waals surface area contributed by atoms with Gasteiger partial charge in [-0.1, -0.05) is 31.0 Å². The topological polar surface area (TPSA) is 111 Å². The van der Waals surface area contributed by atoms with Crippen LogP contribution < -0.4 is 5.32 Å². The average molecular weight is 467 g/mol. The summed E-state index contributed by atoms with van der Waals surface area (Å²) in [5.74, 6) is 1.19. The van der Waals surface area contributed by atoms with Gasteiger partial charge < -0.3 is 5.32 Å². The molecule has 3 heterocycles. The van der Waals surface area contributed by atoms with Crippen LogP contribution in [0.1, 0.15) is 50.4 Å². The fourth-order valence-corrected chi connectivity index (χ4v) is 6.30. The molecule has 0 spiro atoms. The number of rotatable bonds is 5. The summed E-state index contributed by atoms with van der Waals surface area (Å²) >= 11 is 0. The van der Waals surface area contributed by atoms with Gasteiger partial charge >= 0.3 is 0 Å². The third kappa shape index (κ3) is 3.58. The molecule has 0 radical (unpaired) electrons. The van der Waals surface area contributed by atoms with E-state index in [4.69, 9.17) is 0 Å². The van der Waals surface area contributed by atoms with Crippen LogP contribution in [0.25, 0.3) is 16.8 Å². The summed E-state index contributed by atoms with van der Waals surface area (Å²) in [7, 11) is -3.81. The molecule has 1 aliphatic rings. The standard InChI is InChI=1S/C23H26N6O3S/c1-4-16-11-17(25-15(3)30)12-19(16)22-27-26-21-13-24-23-20(29(21)22)9-10-28(23)33(31,32)18-7-5-14(2)6-8-18/h5-10,13,16-17,19H,4,11-12H2,1-3H3,(H,25,30). The van der Waals surface area contributed by atoms with Gasteiger partial charge in [0.1, 0.15) is 5.82 Å². The number of nitrogens with zero attached hydrogens (tertiary/aromatic N) is 5. The summed E-state index contributed by atoms with van der Waals surface area (Å²) in [5, 5.41) is 11.8. The van der Waals surface area contributed by atoms with E-state index >= 15 is 0 Å². The summed E-state index contributed by atoms with van der Waals surface area (Å²) in [5.41, 5.74) is 2.52. The number of benzene rings is 1. The van der Waals surface area contributed by atoms with Crippen LogP contribution in [0.4, 0.5) is 0 Å². The monoisotopic (exact) mass is 466 g/mol. The van der Waals surface area contributed by atoms with E-state index in [0.717, 1.165) is 30.7 Å². The van der Waals surface area contributed by atoms with E-state index in [1.807, 2.05) is 11.3 Å². The van der Waals surface area contributed by atoms with Crippen molar-refractivity contribution in [2.75, 3.05) is 0 Å². The Bertz CT molecular complexity index is 1450. The maximum absolute atomic E-state index is 13.3. The zero-order valence-corrected chi connectivity index (χ0v) is 19.6. The molecule has 5 rings (SSSR count). The number of fused-ring (bicyclic) bond motifs is 3. The third-order valence-corrected chi connectivity index (χ3v) is 8.28. The average Bonchev–Trinajstić information content (AvgIpc) is 3.49. The van der Waals surface area contributed by atoms with Crippen LogP contribution in [0.3, 0.4) is 0 Å². The molecule has 0 aliphatic heterocycles. The minimum atomic E-state index is -3.81. The van der Waals surface area contributed by atoms with Gasteiger partial charge in [-0.3, -0.25) is 9.20 Å². The highest BCUT2D eigenvalue weighted by Gasteiger charge is 2.37. The SMILES string of the molecule is CCC1CC(NC(C)=O)CC1c1nnc2cnc3c(ccn3S(=O)(=O)c3ccc(C)cc3)n12. The molecule has 3 unspecified atom stereocenters. The minimum Gasteiger partial charge on any atom is -0.354 e. The number of nitrogens with one attached hydrogen (secondary N) is 1. The van der Waals surface area contributed by atoms with E-state index in [9.17, 15) is 13.2 Å². The largest absolute Gasteiger partial charge is 0.354 e. The quantitative estimate of drug-likeness (QED) is 0.484. The zero-order valence-electron chi connectivity index (χ0n) is 18.8. The molecule has 1 saturated carbocycles. The maximum atomic E-state index is 13.3. The van der Waals surface area contributed by atoms with Gasteiger partial charge in [-0.2, -0.15) is 0 Å². The van der Waals surface area contributed by atoms with Crippen LogP contribution in [0.5, 0.6) is 0 Å². The second-order valence-corrected chi connectivity index (χ2v) is 10.6. The fraction of sp³-hybridized carbons (Fsp3) is 0.391. The van der Waals surface area contributed by atoms with E-state index in [-0.39, 0.29) is 22.8 Å². The molecule has 172 valence electrons. The Labute approximate surface area is 191 Å². The summed E-state index contributed by atoms with van der Waals surface area (Å²) in [6.45, 7) is 5.59. The molecule has 0 saturated heterocycles. The van der Waals surface area contributed by atoms with Crippen LogP contribution in [0.15, 0.2) is 47.6 Å².